The number of nitrogens with one attached hydrogen (secondary N) is 1. The van der Waals surface area contributed by atoms with Crippen LogP contribution in [0.2, 0.25) is 0 Å². The monoisotopic (exact) mass is 459 g/mol. The minimum Gasteiger partial charge on any atom is -0.354 e. The summed E-state index contributed by atoms with van der Waals surface area (Å²) >= 11 is 1.16. The Balaban J connectivity index is 1.84. The van der Waals surface area contributed by atoms with Gasteiger partial charge >= 0.3 is 0 Å². The zero-order chi connectivity index (χ0) is 22.6. The molecule has 0 aliphatic heterocycles. The molecule has 0 aliphatic carbocycles. The highest BCUT2D eigenvalue weighted by Crippen LogP contribution is 2.31. The minimum atomic E-state index is -3.68. The normalized spacial score (nSPS) is 11.7. The zero-order valence-electron chi connectivity index (χ0n) is 17.9. The largest absolute Gasteiger partial charge is 0.354 e. The zero-order valence-corrected chi connectivity index (χ0v) is 19.5. The van der Waals surface area contributed by atoms with Crippen molar-refractivity contribution < 1.29 is 17.7 Å². The number of aryl methyl sites for hydroxylation is 2. The molecule has 9 heteroatoms. The number of rotatable bonds is 8. The summed E-state index contributed by atoms with van der Waals surface area (Å²) < 4.78 is 33.1. The van der Waals surface area contributed by atoms with Crippen molar-refractivity contribution in [1.82, 2.24) is 5.16 Å². The molecular formula is C22H25N3O4S2. The lowest BCUT2D eigenvalue weighted by atomic mass is 10.1. The van der Waals surface area contributed by atoms with Crippen LogP contribution in [0.4, 0.5) is 11.4 Å². The number of hydrogen-bond donors (Lipinski definition) is 1. The fourth-order valence-electron chi connectivity index (χ4n) is 2.98. The summed E-state index contributed by atoms with van der Waals surface area (Å²) in [6.07, 6.45) is 4.49. The summed E-state index contributed by atoms with van der Waals surface area (Å²) in [5, 5.41) is 6.67. The van der Waals surface area contributed by atoms with Crippen LogP contribution in [0.15, 0.2) is 45.1 Å². The second kappa shape index (κ2) is 9.49. The molecule has 3 rings (SSSR count). The fraction of sp³-hybridized carbons (Fsp3) is 0.273. The van der Waals surface area contributed by atoms with Crippen molar-refractivity contribution in [2.45, 2.75) is 37.8 Å². The van der Waals surface area contributed by atoms with Crippen LogP contribution in [0.1, 0.15) is 42.2 Å². The molecule has 3 aromatic rings. The van der Waals surface area contributed by atoms with E-state index in [4.69, 9.17) is 4.52 Å². The molecule has 0 saturated carbocycles. The van der Waals surface area contributed by atoms with Gasteiger partial charge in [0.25, 0.3) is 10.0 Å². The molecule has 0 saturated heterocycles. The SMILES string of the molecule is CCC(=O)Nc1c(C)noc1/C=C/c1ccc(S(=O)(=O)N(C)c2ccccc2CC)s1. The number of carbonyl (C=O) groups is 1. The second-order valence-electron chi connectivity index (χ2n) is 6.85. The third-order valence-electron chi connectivity index (χ3n) is 4.80. The lowest BCUT2D eigenvalue weighted by molar-refractivity contribution is -0.115. The summed E-state index contributed by atoms with van der Waals surface area (Å²) in [7, 11) is -2.12. The Morgan fingerprint density at radius 2 is 1.94 bits per heavy atom. The number of nitrogens with zero attached hydrogens (tertiary/aromatic N) is 2. The molecule has 0 unspecified atom stereocenters. The first kappa shape index (κ1) is 22.8. The standard InChI is InChI=1S/C22H25N3O4S2/c1-5-16-9-7-8-10-18(16)25(4)31(27,28)21-14-12-17(30-21)11-13-19-22(15(3)24-29-19)23-20(26)6-2/h7-14H,5-6H2,1-4H3,(H,23,26)/b13-11+. The van der Waals surface area contributed by atoms with Gasteiger partial charge < -0.3 is 9.84 Å². The fourth-order valence-corrected chi connectivity index (χ4v) is 5.62. The van der Waals surface area contributed by atoms with E-state index in [1.165, 1.54) is 4.31 Å². The quantitative estimate of drug-likeness (QED) is 0.514. The van der Waals surface area contributed by atoms with Crippen molar-refractivity contribution in [1.29, 1.82) is 0 Å². The van der Waals surface area contributed by atoms with Crippen LogP contribution in [0, 0.1) is 6.92 Å². The van der Waals surface area contributed by atoms with Gasteiger partial charge in [-0.3, -0.25) is 9.10 Å². The molecule has 7 nitrogen and oxygen atoms in total. The molecule has 1 amide bonds. The van der Waals surface area contributed by atoms with Crippen LogP contribution in [0.3, 0.4) is 0 Å². The van der Waals surface area contributed by atoms with Gasteiger partial charge in [0.1, 0.15) is 15.6 Å². The lowest BCUT2D eigenvalue weighted by Gasteiger charge is -2.21. The summed E-state index contributed by atoms with van der Waals surface area (Å²) in [6.45, 7) is 5.50. The van der Waals surface area contributed by atoms with E-state index in [2.05, 4.69) is 10.5 Å². The van der Waals surface area contributed by atoms with Crippen LogP contribution >= 0.6 is 11.3 Å². The molecule has 31 heavy (non-hydrogen) atoms. The highest BCUT2D eigenvalue weighted by atomic mass is 32.2. The van der Waals surface area contributed by atoms with E-state index < -0.39 is 10.0 Å². The van der Waals surface area contributed by atoms with Gasteiger partial charge in [-0.1, -0.05) is 37.2 Å². The smallest absolute Gasteiger partial charge is 0.273 e. The van der Waals surface area contributed by atoms with Gasteiger partial charge in [0.15, 0.2) is 5.76 Å². The number of para-hydroxylation sites is 1. The Morgan fingerprint density at radius 3 is 2.65 bits per heavy atom. The van der Waals surface area contributed by atoms with Crippen LogP contribution < -0.4 is 9.62 Å². The van der Waals surface area contributed by atoms with Gasteiger partial charge in [0.2, 0.25) is 5.91 Å². The van der Waals surface area contributed by atoms with E-state index in [0.29, 0.717) is 29.2 Å². The summed E-state index contributed by atoms with van der Waals surface area (Å²) in [5.74, 6) is 0.270. The van der Waals surface area contributed by atoms with Crippen LogP contribution in [-0.2, 0) is 21.2 Å². The number of carbonyl (C=O) groups excluding carboxylic acids is 1. The van der Waals surface area contributed by atoms with Crippen LogP contribution in [0.5, 0.6) is 0 Å². The third-order valence-corrected chi connectivity index (χ3v) is 8.09. The Kier molecular flexibility index (Phi) is 6.97. The van der Waals surface area contributed by atoms with Crippen molar-refractivity contribution in [3.05, 3.63) is 58.3 Å². The Bertz CT molecular complexity index is 1210. The molecule has 164 valence electrons. The first-order chi connectivity index (χ1) is 14.8. The predicted molar refractivity (Wildman–Crippen MR) is 125 cm³/mol. The Morgan fingerprint density at radius 1 is 1.19 bits per heavy atom. The molecule has 1 N–H and O–H groups in total. The van der Waals surface area contributed by atoms with Crippen molar-refractivity contribution in [3.63, 3.8) is 0 Å². The summed E-state index contributed by atoms with van der Waals surface area (Å²) in [4.78, 5) is 12.5. The van der Waals surface area contributed by atoms with Crippen LogP contribution in [-0.4, -0.2) is 26.5 Å². The third kappa shape index (κ3) is 4.88. The number of sulfonamides is 1. The van der Waals surface area contributed by atoms with Gasteiger partial charge in [-0.25, -0.2) is 8.42 Å². The molecule has 0 bridgehead atoms. The molecule has 2 heterocycles. The van der Waals surface area contributed by atoms with E-state index in [1.54, 1.807) is 45.2 Å². The van der Waals surface area contributed by atoms with Gasteiger partial charge in [-0.15, -0.1) is 11.3 Å². The number of aromatic nitrogens is 1. The average molecular weight is 460 g/mol. The number of benzene rings is 1. The van der Waals surface area contributed by atoms with Gasteiger partial charge in [-0.05, 0) is 49.3 Å². The van der Waals surface area contributed by atoms with Gasteiger partial charge in [0.05, 0.1) is 5.69 Å². The van der Waals surface area contributed by atoms with E-state index in [1.807, 2.05) is 31.2 Å². The molecule has 0 spiro atoms. The molecular weight excluding hydrogens is 434 g/mol. The Hall–Kier alpha value is -2.91. The summed E-state index contributed by atoms with van der Waals surface area (Å²) in [5.41, 5.74) is 2.73. The van der Waals surface area contributed by atoms with E-state index in [0.717, 1.165) is 28.2 Å². The molecule has 1 aromatic carbocycles. The highest BCUT2D eigenvalue weighted by molar-refractivity contribution is 7.94. The molecule has 0 radical (unpaired) electrons. The van der Waals surface area contributed by atoms with E-state index >= 15 is 0 Å². The number of amides is 1. The first-order valence-electron chi connectivity index (χ1n) is 9.88. The number of hydrogen-bond acceptors (Lipinski definition) is 6. The average Bonchev–Trinajstić information content (AvgIpc) is 3.39. The Labute approximate surface area is 186 Å². The summed E-state index contributed by atoms with van der Waals surface area (Å²) in [6, 6.07) is 10.8. The predicted octanol–water partition coefficient (Wildman–Crippen LogP) is 4.95. The lowest BCUT2D eigenvalue weighted by Crippen LogP contribution is -2.26. The van der Waals surface area contributed by atoms with Crippen molar-refractivity contribution >= 4 is 50.8 Å². The van der Waals surface area contributed by atoms with Gasteiger partial charge in [-0.2, -0.15) is 0 Å². The van der Waals surface area contributed by atoms with E-state index in [-0.39, 0.29) is 10.1 Å². The maximum Gasteiger partial charge on any atom is 0.273 e. The molecule has 0 fully saturated rings. The van der Waals surface area contributed by atoms with E-state index in [9.17, 15) is 13.2 Å². The van der Waals surface area contributed by atoms with Crippen molar-refractivity contribution in [2.24, 2.45) is 0 Å². The van der Waals surface area contributed by atoms with Gasteiger partial charge in [0, 0.05) is 18.3 Å². The topological polar surface area (TPSA) is 92.5 Å². The minimum absolute atomic E-state index is 0.138. The molecule has 2 aromatic heterocycles. The van der Waals surface area contributed by atoms with Crippen molar-refractivity contribution in [3.8, 4) is 0 Å². The van der Waals surface area contributed by atoms with Crippen LogP contribution in [0.25, 0.3) is 12.2 Å². The second-order valence-corrected chi connectivity index (χ2v) is 10.2. The molecule has 0 atom stereocenters. The number of thiophene rings is 1. The maximum atomic E-state index is 13.1. The highest BCUT2D eigenvalue weighted by Gasteiger charge is 2.24. The van der Waals surface area contributed by atoms with Crippen molar-refractivity contribution in [2.75, 3.05) is 16.7 Å². The maximum absolute atomic E-state index is 13.1. The number of anilines is 2. The molecule has 0 aliphatic rings. The first-order valence-corrected chi connectivity index (χ1v) is 12.1.